The Morgan fingerprint density at radius 1 is 1.35 bits per heavy atom. The van der Waals surface area contributed by atoms with Crippen molar-refractivity contribution in [1.29, 1.82) is 0 Å². The molecule has 2 unspecified atom stereocenters. The van der Waals surface area contributed by atoms with Crippen LogP contribution in [0.5, 0.6) is 0 Å². The summed E-state index contributed by atoms with van der Waals surface area (Å²) in [4.78, 5) is 2.71. The summed E-state index contributed by atoms with van der Waals surface area (Å²) in [5.41, 5.74) is -0.00644. The summed E-state index contributed by atoms with van der Waals surface area (Å²) in [5, 5.41) is 3.74. The number of hydrogen-bond donors (Lipinski definition) is 1. The molecule has 1 saturated heterocycles. The van der Waals surface area contributed by atoms with Crippen molar-refractivity contribution in [2.75, 3.05) is 26.7 Å². The number of nitrogens with one attached hydrogen (secondary N) is 1. The Kier molecular flexibility index (Phi) is 7.49. The Labute approximate surface area is 126 Å². The summed E-state index contributed by atoms with van der Waals surface area (Å²) in [7, 11) is 1.82. The third-order valence-electron chi connectivity index (χ3n) is 4.55. The van der Waals surface area contributed by atoms with Gasteiger partial charge in [-0.1, -0.05) is 27.2 Å². The predicted molar refractivity (Wildman–Crippen MR) is 87.2 cm³/mol. The average molecular weight is 284 g/mol. The van der Waals surface area contributed by atoms with Gasteiger partial charge in [-0.2, -0.15) is 0 Å². The fraction of sp³-hybridized carbons (Fsp3) is 1.00. The number of hydrogen-bond acceptors (Lipinski definition) is 3. The SMILES string of the molecule is CCCC1CN(CCC(C)(C)OC)C(CC(C)C)CN1. The van der Waals surface area contributed by atoms with Gasteiger partial charge in [0.25, 0.3) is 0 Å². The largest absolute Gasteiger partial charge is 0.379 e. The van der Waals surface area contributed by atoms with Gasteiger partial charge in [0.1, 0.15) is 0 Å². The topological polar surface area (TPSA) is 24.5 Å². The average Bonchev–Trinajstić information content (AvgIpc) is 2.38. The highest BCUT2D eigenvalue weighted by Crippen LogP contribution is 2.20. The minimum absolute atomic E-state index is 0.00644. The molecule has 1 heterocycles. The first kappa shape index (κ1) is 17.9. The van der Waals surface area contributed by atoms with Crippen molar-refractivity contribution < 1.29 is 4.74 Å². The Bertz CT molecular complexity index is 266. The summed E-state index contributed by atoms with van der Waals surface area (Å²) < 4.78 is 5.58. The maximum atomic E-state index is 5.58. The first-order chi connectivity index (χ1) is 9.38. The molecule has 1 fully saturated rings. The molecule has 3 nitrogen and oxygen atoms in total. The van der Waals surface area contributed by atoms with E-state index in [2.05, 4.69) is 44.8 Å². The maximum absolute atomic E-state index is 5.58. The van der Waals surface area contributed by atoms with E-state index in [1.165, 1.54) is 25.8 Å². The zero-order chi connectivity index (χ0) is 15.2. The monoisotopic (exact) mass is 284 g/mol. The van der Waals surface area contributed by atoms with Crippen LogP contribution in [0.25, 0.3) is 0 Å². The number of rotatable bonds is 8. The molecule has 1 aliphatic rings. The molecule has 0 saturated carbocycles. The molecule has 0 amide bonds. The van der Waals surface area contributed by atoms with Crippen molar-refractivity contribution >= 4 is 0 Å². The van der Waals surface area contributed by atoms with Crippen LogP contribution in [0.3, 0.4) is 0 Å². The van der Waals surface area contributed by atoms with E-state index in [0.29, 0.717) is 12.1 Å². The molecular formula is C17H36N2O. The fourth-order valence-corrected chi connectivity index (χ4v) is 3.04. The van der Waals surface area contributed by atoms with Crippen molar-refractivity contribution in [3.8, 4) is 0 Å². The summed E-state index contributed by atoms with van der Waals surface area (Å²) in [6.45, 7) is 14.8. The summed E-state index contributed by atoms with van der Waals surface area (Å²) in [5.74, 6) is 0.766. The quantitative estimate of drug-likeness (QED) is 0.740. The third kappa shape index (κ3) is 6.11. The molecule has 120 valence electrons. The number of ether oxygens (including phenoxy) is 1. The second kappa shape index (κ2) is 8.35. The van der Waals surface area contributed by atoms with Gasteiger partial charge in [-0.15, -0.1) is 0 Å². The van der Waals surface area contributed by atoms with E-state index in [0.717, 1.165) is 25.4 Å². The highest BCUT2D eigenvalue weighted by molar-refractivity contribution is 4.87. The summed E-state index contributed by atoms with van der Waals surface area (Å²) >= 11 is 0. The Morgan fingerprint density at radius 2 is 2.05 bits per heavy atom. The van der Waals surface area contributed by atoms with E-state index in [9.17, 15) is 0 Å². The van der Waals surface area contributed by atoms with Crippen LogP contribution in [0.2, 0.25) is 0 Å². The maximum Gasteiger partial charge on any atom is 0.0634 e. The molecule has 0 radical (unpaired) electrons. The van der Waals surface area contributed by atoms with Crippen molar-refractivity contribution in [2.24, 2.45) is 5.92 Å². The lowest BCUT2D eigenvalue weighted by atomic mass is 9.96. The number of methoxy groups -OCH3 is 1. The minimum Gasteiger partial charge on any atom is -0.379 e. The van der Waals surface area contributed by atoms with E-state index in [1.807, 2.05) is 7.11 Å². The zero-order valence-corrected chi connectivity index (χ0v) is 14.5. The van der Waals surface area contributed by atoms with Gasteiger partial charge >= 0.3 is 0 Å². The van der Waals surface area contributed by atoms with E-state index in [4.69, 9.17) is 4.74 Å². The van der Waals surface area contributed by atoms with Crippen molar-refractivity contribution in [1.82, 2.24) is 10.2 Å². The Morgan fingerprint density at radius 3 is 2.60 bits per heavy atom. The first-order valence-corrected chi connectivity index (χ1v) is 8.40. The van der Waals surface area contributed by atoms with Crippen LogP contribution in [0.4, 0.5) is 0 Å². The molecule has 0 spiro atoms. The van der Waals surface area contributed by atoms with Crippen LogP contribution in [-0.2, 0) is 4.74 Å². The van der Waals surface area contributed by atoms with Crippen molar-refractivity contribution in [3.05, 3.63) is 0 Å². The third-order valence-corrected chi connectivity index (χ3v) is 4.55. The van der Waals surface area contributed by atoms with E-state index in [1.54, 1.807) is 0 Å². The van der Waals surface area contributed by atoms with Gasteiger partial charge in [0.2, 0.25) is 0 Å². The number of nitrogens with zero attached hydrogens (tertiary/aromatic N) is 1. The van der Waals surface area contributed by atoms with E-state index in [-0.39, 0.29) is 5.60 Å². The van der Waals surface area contributed by atoms with Crippen LogP contribution >= 0.6 is 0 Å². The molecule has 1 N–H and O–H groups in total. The summed E-state index contributed by atoms with van der Waals surface area (Å²) in [6, 6.07) is 1.37. The molecule has 0 bridgehead atoms. The van der Waals surface area contributed by atoms with Crippen molar-refractivity contribution in [3.63, 3.8) is 0 Å². The Hall–Kier alpha value is -0.120. The molecule has 0 aromatic heterocycles. The lowest BCUT2D eigenvalue weighted by molar-refractivity contribution is -0.00184. The lowest BCUT2D eigenvalue weighted by Gasteiger charge is -2.42. The molecule has 3 heteroatoms. The van der Waals surface area contributed by atoms with Gasteiger partial charge in [0.05, 0.1) is 5.60 Å². The molecule has 2 atom stereocenters. The van der Waals surface area contributed by atoms with Crippen LogP contribution in [0.15, 0.2) is 0 Å². The molecular weight excluding hydrogens is 248 g/mol. The fourth-order valence-electron chi connectivity index (χ4n) is 3.04. The van der Waals surface area contributed by atoms with Crippen molar-refractivity contribution in [2.45, 2.75) is 78.0 Å². The molecule has 0 aromatic carbocycles. The van der Waals surface area contributed by atoms with Gasteiger partial charge in [-0.3, -0.25) is 4.90 Å². The van der Waals surface area contributed by atoms with Crippen LogP contribution in [0, 0.1) is 5.92 Å². The zero-order valence-electron chi connectivity index (χ0n) is 14.5. The molecule has 1 aliphatic heterocycles. The van der Waals surface area contributed by atoms with Crippen LogP contribution < -0.4 is 5.32 Å². The number of piperazine rings is 1. The molecule has 20 heavy (non-hydrogen) atoms. The van der Waals surface area contributed by atoms with Gasteiger partial charge in [-0.05, 0) is 39.0 Å². The second-order valence-corrected chi connectivity index (χ2v) is 7.39. The Balaban J connectivity index is 2.56. The smallest absolute Gasteiger partial charge is 0.0634 e. The van der Waals surface area contributed by atoms with Gasteiger partial charge in [0, 0.05) is 38.8 Å². The van der Waals surface area contributed by atoms with Crippen LogP contribution in [0.1, 0.15) is 60.3 Å². The normalized spacial score (nSPS) is 25.4. The van der Waals surface area contributed by atoms with Gasteiger partial charge in [0.15, 0.2) is 0 Å². The summed E-state index contributed by atoms with van der Waals surface area (Å²) in [6.07, 6.45) is 4.96. The highest BCUT2D eigenvalue weighted by Gasteiger charge is 2.29. The lowest BCUT2D eigenvalue weighted by Crippen LogP contribution is -2.57. The van der Waals surface area contributed by atoms with E-state index < -0.39 is 0 Å². The second-order valence-electron chi connectivity index (χ2n) is 7.39. The predicted octanol–water partition coefficient (Wildman–Crippen LogP) is 3.29. The van der Waals surface area contributed by atoms with Gasteiger partial charge < -0.3 is 10.1 Å². The van der Waals surface area contributed by atoms with Crippen LogP contribution in [-0.4, -0.2) is 49.3 Å². The van der Waals surface area contributed by atoms with E-state index >= 15 is 0 Å². The molecule has 1 rings (SSSR count). The first-order valence-electron chi connectivity index (χ1n) is 8.40. The highest BCUT2D eigenvalue weighted by atomic mass is 16.5. The molecule has 0 aliphatic carbocycles. The van der Waals surface area contributed by atoms with Gasteiger partial charge in [-0.25, -0.2) is 0 Å². The minimum atomic E-state index is -0.00644. The standard InChI is InChI=1S/C17H36N2O/c1-7-8-15-13-19(10-9-17(4,5)20-6)16(12-18-15)11-14(2)3/h14-16,18H,7-13H2,1-6H3. The molecule has 0 aromatic rings.